The second-order valence-corrected chi connectivity index (χ2v) is 7.71. The lowest BCUT2D eigenvalue weighted by atomic mass is 9.83. The molecule has 1 aliphatic rings. The van der Waals surface area contributed by atoms with Crippen LogP contribution in [-0.4, -0.2) is 28.7 Å². The number of rotatable bonds is 3. The smallest absolute Gasteiger partial charge is 0.254 e. The summed E-state index contributed by atoms with van der Waals surface area (Å²) in [6, 6.07) is 8.48. The maximum absolute atomic E-state index is 13.1. The molecule has 1 aliphatic heterocycles. The predicted octanol–water partition coefficient (Wildman–Crippen LogP) is 4.76. The molecular weight excluding hydrogens is 326 g/mol. The minimum atomic E-state index is -0.00698. The van der Waals surface area contributed by atoms with Crippen LogP contribution in [0.5, 0.6) is 0 Å². The van der Waals surface area contributed by atoms with Gasteiger partial charge in [0.15, 0.2) is 0 Å². The number of piperidine rings is 1. The Kier molecular flexibility index (Phi) is 5.48. The third kappa shape index (κ3) is 3.88. The highest BCUT2D eigenvalue weighted by atomic mass is 79.9. The fourth-order valence-electron chi connectivity index (χ4n) is 3.17. The van der Waals surface area contributed by atoms with Gasteiger partial charge in [-0.2, -0.15) is 0 Å². The molecule has 0 N–H and O–H groups in total. The Bertz CT molecular complexity index is 490. The van der Waals surface area contributed by atoms with Crippen molar-refractivity contribution in [3.8, 4) is 0 Å². The van der Waals surface area contributed by atoms with Gasteiger partial charge in [-0.3, -0.25) is 4.79 Å². The van der Waals surface area contributed by atoms with Crippen molar-refractivity contribution in [1.82, 2.24) is 4.90 Å². The number of carbonyl (C=O) groups excluding carboxylic acids is 1. The zero-order chi connectivity index (χ0) is 15.5. The van der Waals surface area contributed by atoms with E-state index < -0.39 is 0 Å². The van der Waals surface area contributed by atoms with Gasteiger partial charge >= 0.3 is 0 Å². The first kappa shape index (κ1) is 16.5. The van der Waals surface area contributed by atoms with E-state index in [-0.39, 0.29) is 11.3 Å². The van der Waals surface area contributed by atoms with Crippen LogP contribution in [0.2, 0.25) is 0 Å². The van der Waals surface area contributed by atoms with Gasteiger partial charge in [0.25, 0.3) is 5.91 Å². The van der Waals surface area contributed by atoms with Crippen molar-refractivity contribution in [2.75, 3.05) is 11.9 Å². The average molecular weight is 352 g/mol. The average Bonchev–Trinajstić information content (AvgIpc) is 2.46. The molecular formula is C18H26BrNO. The molecule has 1 atom stereocenters. The zero-order valence-corrected chi connectivity index (χ0v) is 14.9. The second kappa shape index (κ2) is 6.95. The summed E-state index contributed by atoms with van der Waals surface area (Å²) in [4.78, 5) is 15.2. The molecule has 1 aromatic carbocycles. The number of carbonyl (C=O) groups is 1. The highest BCUT2D eigenvalue weighted by Crippen LogP contribution is 2.29. The van der Waals surface area contributed by atoms with Gasteiger partial charge < -0.3 is 4.90 Å². The molecule has 3 heteroatoms. The Hall–Kier alpha value is -0.830. The van der Waals surface area contributed by atoms with E-state index in [4.69, 9.17) is 0 Å². The Morgan fingerprint density at radius 1 is 1.29 bits per heavy atom. The van der Waals surface area contributed by atoms with Crippen LogP contribution in [-0.2, 0) is 5.41 Å². The quantitative estimate of drug-likeness (QED) is 0.718. The lowest BCUT2D eigenvalue weighted by molar-refractivity contribution is 0.0607. The van der Waals surface area contributed by atoms with Crippen molar-refractivity contribution in [1.29, 1.82) is 0 Å². The number of amides is 1. The summed E-state index contributed by atoms with van der Waals surface area (Å²) in [5.41, 5.74) is 2.03. The van der Waals surface area contributed by atoms with Crippen LogP contribution >= 0.6 is 15.9 Å². The Morgan fingerprint density at radius 2 is 2.00 bits per heavy atom. The van der Waals surface area contributed by atoms with Crippen molar-refractivity contribution in [2.24, 2.45) is 0 Å². The molecule has 1 amide bonds. The van der Waals surface area contributed by atoms with Gasteiger partial charge in [0, 0.05) is 23.5 Å². The van der Waals surface area contributed by atoms with Gasteiger partial charge in [0.1, 0.15) is 0 Å². The van der Waals surface area contributed by atoms with Crippen molar-refractivity contribution in [3.63, 3.8) is 0 Å². The van der Waals surface area contributed by atoms with Crippen molar-refractivity contribution >= 4 is 21.8 Å². The first-order valence-electron chi connectivity index (χ1n) is 7.91. The standard InChI is InChI=1S/C18H26BrNO/c1-18(2,3)16-10-5-4-9-15(16)17(21)20-13-7-6-8-14(20)11-12-19/h4-5,9-10,14H,6-8,11-13H2,1-3H3. The molecule has 21 heavy (non-hydrogen) atoms. The maximum Gasteiger partial charge on any atom is 0.254 e. The van der Waals surface area contributed by atoms with Crippen LogP contribution in [0.1, 0.15) is 62.4 Å². The molecule has 0 spiro atoms. The molecule has 0 saturated carbocycles. The normalized spacial score (nSPS) is 19.6. The van der Waals surface area contributed by atoms with Crippen LogP contribution in [0.25, 0.3) is 0 Å². The van der Waals surface area contributed by atoms with E-state index in [2.05, 4.69) is 47.7 Å². The van der Waals surface area contributed by atoms with E-state index in [0.717, 1.165) is 42.3 Å². The maximum atomic E-state index is 13.1. The highest BCUT2D eigenvalue weighted by molar-refractivity contribution is 9.09. The number of benzene rings is 1. The molecule has 0 radical (unpaired) electrons. The molecule has 0 bridgehead atoms. The Labute approximate surface area is 137 Å². The number of nitrogens with zero attached hydrogens (tertiary/aromatic N) is 1. The van der Waals surface area contributed by atoms with E-state index >= 15 is 0 Å². The van der Waals surface area contributed by atoms with Crippen molar-refractivity contribution in [2.45, 2.75) is 57.9 Å². The lowest BCUT2D eigenvalue weighted by Crippen LogP contribution is -2.44. The molecule has 1 fully saturated rings. The second-order valence-electron chi connectivity index (χ2n) is 6.92. The van der Waals surface area contributed by atoms with Crippen molar-refractivity contribution < 1.29 is 4.79 Å². The molecule has 0 aromatic heterocycles. The van der Waals surface area contributed by atoms with Crippen LogP contribution in [0, 0.1) is 0 Å². The summed E-state index contributed by atoms with van der Waals surface area (Å²) >= 11 is 3.53. The van der Waals surface area contributed by atoms with Crippen LogP contribution < -0.4 is 0 Å². The number of likely N-dealkylation sites (tertiary alicyclic amines) is 1. The van der Waals surface area contributed by atoms with Gasteiger partial charge in [-0.05, 0) is 42.7 Å². The Balaban J connectivity index is 2.31. The molecule has 116 valence electrons. The number of hydrogen-bond acceptors (Lipinski definition) is 1. The molecule has 1 unspecified atom stereocenters. The lowest BCUT2D eigenvalue weighted by Gasteiger charge is -2.36. The van der Waals surface area contributed by atoms with Gasteiger partial charge in [0.05, 0.1) is 0 Å². The number of alkyl halides is 1. The summed E-state index contributed by atoms with van der Waals surface area (Å²) in [5, 5.41) is 0.961. The number of halogens is 1. The minimum absolute atomic E-state index is 0.00698. The van der Waals surface area contributed by atoms with Gasteiger partial charge in [0.2, 0.25) is 0 Å². The largest absolute Gasteiger partial charge is 0.336 e. The molecule has 1 heterocycles. The zero-order valence-electron chi connectivity index (χ0n) is 13.4. The highest BCUT2D eigenvalue weighted by Gasteiger charge is 2.30. The van der Waals surface area contributed by atoms with E-state index in [1.807, 2.05) is 18.2 Å². The molecule has 1 aromatic rings. The third-order valence-electron chi connectivity index (χ3n) is 4.30. The topological polar surface area (TPSA) is 20.3 Å². The predicted molar refractivity (Wildman–Crippen MR) is 92.2 cm³/mol. The van der Waals surface area contributed by atoms with Gasteiger partial charge in [-0.1, -0.05) is 54.9 Å². The fourth-order valence-corrected chi connectivity index (χ4v) is 3.70. The summed E-state index contributed by atoms with van der Waals surface area (Å²) in [7, 11) is 0. The first-order valence-corrected chi connectivity index (χ1v) is 9.03. The number of hydrogen-bond donors (Lipinski definition) is 0. The van der Waals surface area contributed by atoms with E-state index in [1.54, 1.807) is 0 Å². The minimum Gasteiger partial charge on any atom is -0.336 e. The summed E-state index contributed by atoms with van der Waals surface area (Å²) < 4.78 is 0. The monoisotopic (exact) mass is 351 g/mol. The third-order valence-corrected chi connectivity index (χ3v) is 4.75. The van der Waals surface area contributed by atoms with E-state index in [9.17, 15) is 4.79 Å². The Morgan fingerprint density at radius 3 is 2.67 bits per heavy atom. The fraction of sp³-hybridized carbons (Fsp3) is 0.611. The summed E-state index contributed by atoms with van der Waals surface area (Å²) in [6.07, 6.45) is 4.54. The molecule has 2 rings (SSSR count). The molecule has 0 aliphatic carbocycles. The SMILES string of the molecule is CC(C)(C)c1ccccc1C(=O)N1CCCCC1CCBr. The van der Waals surface area contributed by atoms with E-state index in [1.165, 1.54) is 6.42 Å². The van der Waals surface area contributed by atoms with Gasteiger partial charge in [-0.15, -0.1) is 0 Å². The summed E-state index contributed by atoms with van der Waals surface area (Å²) in [5.74, 6) is 0.214. The van der Waals surface area contributed by atoms with E-state index in [0.29, 0.717) is 6.04 Å². The van der Waals surface area contributed by atoms with Crippen molar-refractivity contribution in [3.05, 3.63) is 35.4 Å². The van der Waals surface area contributed by atoms with Crippen LogP contribution in [0.4, 0.5) is 0 Å². The molecule has 1 saturated heterocycles. The molecule has 2 nitrogen and oxygen atoms in total. The first-order chi connectivity index (χ1) is 9.95. The van der Waals surface area contributed by atoms with Crippen LogP contribution in [0.3, 0.4) is 0 Å². The van der Waals surface area contributed by atoms with Gasteiger partial charge in [-0.25, -0.2) is 0 Å². The summed E-state index contributed by atoms with van der Waals surface area (Å²) in [6.45, 7) is 7.41. The van der Waals surface area contributed by atoms with Crippen LogP contribution in [0.15, 0.2) is 24.3 Å².